The molecule has 1 N–H and O–H groups in total. The number of nitrogens with zero attached hydrogens (tertiary/aromatic N) is 3. The van der Waals surface area contributed by atoms with Crippen LogP contribution in [0.15, 0.2) is 53.9 Å². The molecule has 31 heavy (non-hydrogen) atoms. The summed E-state index contributed by atoms with van der Waals surface area (Å²) < 4.78 is 1.25. The van der Waals surface area contributed by atoms with Gasteiger partial charge in [0, 0.05) is 17.6 Å². The van der Waals surface area contributed by atoms with Crippen LogP contribution in [0.5, 0.6) is 0 Å². The Kier molecular flexibility index (Phi) is 5.80. The second kappa shape index (κ2) is 8.86. The summed E-state index contributed by atoms with van der Waals surface area (Å²) in [5.74, 6) is -0.0294. The number of amides is 1. The van der Waals surface area contributed by atoms with E-state index in [0.29, 0.717) is 12.5 Å². The predicted molar refractivity (Wildman–Crippen MR) is 128 cm³/mol. The first-order valence-electron chi connectivity index (χ1n) is 10.5. The Balaban J connectivity index is 1.22. The maximum absolute atomic E-state index is 12.4. The number of nitrogens with one attached hydrogen (secondary N) is 1. The molecule has 2 aromatic carbocycles. The molecule has 1 aliphatic rings. The van der Waals surface area contributed by atoms with Gasteiger partial charge in [-0.05, 0) is 50.6 Å². The predicted octanol–water partition coefficient (Wildman–Crippen LogP) is 5.58. The molecule has 1 atom stereocenters. The molecule has 4 aromatic rings. The van der Waals surface area contributed by atoms with E-state index in [1.54, 1.807) is 22.7 Å². The first-order valence-corrected chi connectivity index (χ1v) is 12.2. The normalized spacial score (nSPS) is 16.7. The van der Waals surface area contributed by atoms with Crippen LogP contribution in [0.4, 0.5) is 5.69 Å². The summed E-state index contributed by atoms with van der Waals surface area (Å²) in [4.78, 5) is 24.5. The average Bonchev–Trinajstić information content (AvgIpc) is 3.49. The second-order valence-electron chi connectivity index (χ2n) is 7.97. The quantitative estimate of drug-likeness (QED) is 0.418. The number of aromatic nitrogens is 2. The molecule has 2 aromatic heterocycles. The lowest BCUT2D eigenvalue weighted by molar-refractivity contribution is -0.115. The van der Waals surface area contributed by atoms with E-state index in [0.717, 1.165) is 41.4 Å². The van der Waals surface area contributed by atoms with Crippen molar-refractivity contribution in [2.75, 3.05) is 11.9 Å². The monoisotopic (exact) mass is 448 g/mol. The molecule has 0 spiro atoms. The van der Waals surface area contributed by atoms with Gasteiger partial charge in [0.25, 0.3) is 0 Å². The highest BCUT2D eigenvalue weighted by atomic mass is 32.1. The van der Waals surface area contributed by atoms with E-state index in [4.69, 9.17) is 9.97 Å². The largest absolute Gasteiger partial charge is 0.326 e. The van der Waals surface area contributed by atoms with Gasteiger partial charge in [0.2, 0.25) is 5.91 Å². The number of rotatable bonds is 6. The van der Waals surface area contributed by atoms with E-state index >= 15 is 0 Å². The molecular formula is C24H24N4OS2. The summed E-state index contributed by atoms with van der Waals surface area (Å²) in [5.41, 5.74) is 4.12. The van der Waals surface area contributed by atoms with Gasteiger partial charge in [0.15, 0.2) is 0 Å². The molecule has 1 amide bonds. The van der Waals surface area contributed by atoms with E-state index in [-0.39, 0.29) is 5.91 Å². The van der Waals surface area contributed by atoms with Crippen LogP contribution in [0.1, 0.15) is 40.2 Å². The van der Waals surface area contributed by atoms with Crippen molar-refractivity contribution in [1.29, 1.82) is 0 Å². The van der Waals surface area contributed by atoms with E-state index < -0.39 is 0 Å². The van der Waals surface area contributed by atoms with Crippen molar-refractivity contribution in [3.05, 3.63) is 75.2 Å². The van der Waals surface area contributed by atoms with Crippen LogP contribution in [-0.2, 0) is 17.8 Å². The first kappa shape index (κ1) is 20.3. The molecule has 5 rings (SSSR count). The minimum atomic E-state index is -0.0294. The molecule has 7 heteroatoms. The van der Waals surface area contributed by atoms with Crippen LogP contribution in [0.3, 0.4) is 0 Å². The minimum Gasteiger partial charge on any atom is -0.326 e. The van der Waals surface area contributed by atoms with Crippen molar-refractivity contribution in [2.24, 2.45) is 0 Å². The zero-order valence-electron chi connectivity index (χ0n) is 17.4. The molecule has 0 bridgehead atoms. The van der Waals surface area contributed by atoms with Crippen LogP contribution in [0, 0.1) is 6.92 Å². The lowest BCUT2D eigenvalue weighted by Gasteiger charge is -2.21. The number of fused-ring (bicyclic) bond motifs is 1. The first-order chi connectivity index (χ1) is 15.1. The third-order valence-corrected chi connectivity index (χ3v) is 7.61. The number of likely N-dealkylation sites (tertiary alicyclic amines) is 1. The van der Waals surface area contributed by atoms with Gasteiger partial charge in [-0.1, -0.05) is 29.8 Å². The van der Waals surface area contributed by atoms with Crippen molar-refractivity contribution in [3.63, 3.8) is 0 Å². The second-order valence-corrected chi connectivity index (χ2v) is 9.98. The fourth-order valence-corrected chi connectivity index (χ4v) is 5.94. The Hall–Kier alpha value is -2.61. The Morgan fingerprint density at radius 1 is 1.16 bits per heavy atom. The summed E-state index contributed by atoms with van der Waals surface area (Å²) in [6.07, 6.45) is 2.62. The van der Waals surface area contributed by atoms with Gasteiger partial charge >= 0.3 is 0 Å². The zero-order valence-corrected chi connectivity index (χ0v) is 19.0. The Morgan fingerprint density at radius 2 is 2.00 bits per heavy atom. The maximum atomic E-state index is 12.4. The van der Waals surface area contributed by atoms with E-state index in [1.165, 1.54) is 21.7 Å². The molecule has 3 heterocycles. The fraction of sp³-hybridized carbons (Fsp3) is 0.292. The Morgan fingerprint density at radius 3 is 2.84 bits per heavy atom. The van der Waals surface area contributed by atoms with Gasteiger partial charge in [0.1, 0.15) is 10.0 Å². The maximum Gasteiger partial charge on any atom is 0.231 e. The molecule has 0 saturated carbocycles. The molecule has 0 radical (unpaired) electrons. The van der Waals surface area contributed by atoms with Crippen molar-refractivity contribution in [2.45, 2.75) is 38.8 Å². The summed E-state index contributed by atoms with van der Waals surface area (Å²) in [6.45, 7) is 3.89. The Bertz CT molecular complexity index is 1160. The summed E-state index contributed by atoms with van der Waals surface area (Å²) >= 11 is 3.36. The SMILES string of the molecule is Cc1ccc(NC(=O)Cc2nc(CN3CCC[C@@H]3c3nc4ccccc4s3)cs2)cc1. The molecular weight excluding hydrogens is 424 g/mol. The van der Waals surface area contributed by atoms with Crippen LogP contribution >= 0.6 is 22.7 Å². The number of benzene rings is 2. The highest BCUT2D eigenvalue weighted by Crippen LogP contribution is 2.37. The number of hydrogen-bond donors (Lipinski definition) is 1. The average molecular weight is 449 g/mol. The molecule has 5 nitrogen and oxygen atoms in total. The van der Waals surface area contributed by atoms with E-state index in [1.807, 2.05) is 37.3 Å². The topological polar surface area (TPSA) is 58.1 Å². The summed E-state index contributed by atoms with van der Waals surface area (Å²) in [5, 5.41) is 7.09. The fourth-order valence-electron chi connectivity index (χ4n) is 4.02. The van der Waals surface area contributed by atoms with Gasteiger partial charge in [-0.25, -0.2) is 9.97 Å². The minimum absolute atomic E-state index is 0.0294. The lowest BCUT2D eigenvalue weighted by Crippen LogP contribution is -2.23. The molecule has 0 aliphatic carbocycles. The van der Waals surface area contributed by atoms with Gasteiger partial charge < -0.3 is 5.32 Å². The van der Waals surface area contributed by atoms with E-state index in [9.17, 15) is 4.79 Å². The third kappa shape index (κ3) is 4.69. The highest BCUT2D eigenvalue weighted by Gasteiger charge is 2.29. The Labute approximate surface area is 189 Å². The number of carbonyl (C=O) groups is 1. The number of thiazole rings is 2. The van der Waals surface area contributed by atoms with Crippen molar-refractivity contribution in [1.82, 2.24) is 14.9 Å². The molecule has 158 valence electrons. The van der Waals surface area contributed by atoms with Crippen LogP contribution in [0.2, 0.25) is 0 Å². The van der Waals surface area contributed by atoms with E-state index in [2.05, 4.69) is 33.8 Å². The van der Waals surface area contributed by atoms with Gasteiger partial charge in [-0.3, -0.25) is 9.69 Å². The molecule has 0 unspecified atom stereocenters. The number of aryl methyl sites for hydroxylation is 1. The highest BCUT2D eigenvalue weighted by molar-refractivity contribution is 7.18. The number of hydrogen-bond acceptors (Lipinski definition) is 6. The lowest BCUT2D eigenvalue weighted by atomic mass is 10.2. The van der Waals surface area contributed by atoms with Crippen LogP contribution in [0.25, 0.3) is 10.2 Å². The van der Waals surface area contributed by atoms with Crippen LogP contribution < -0.4 is 5.32 Å². The number of carbonyl (C=O) groups excluding carboxylic acids is 1. The van der Waals surface area contributed by atoms with Gasteiger partial charge in [0.05, 0.1) is 28.4 Å². The van der Waals surface area contributed by atoms with Crippen LogP contribution in [-0.4, -0.2) is 27.3 Å². The smallest absolute Gasteiger partial charge is 0.231 e. The van der Waals surface area contributed by atoms with Crippen molar-refractivity contribution in [3.8, 4) is 0 Å². The standard InChI is InChI=1S/C24H24N4OS2/c1-16-8-10-17(11-9-16)25-22(29)13-23-26-18(15-30-23)14-28-12-4-6-20(28)24-27-19-5-2-3-7-21(19)31-24/h2-3,5,7-11,15,20H,4,6,12-14H2,1H3,(H,25,29)/t20-/m1/s1. The van der Waals surface area contributed by atoms with Crippen molar-refractivity contribution < 1.29 is 4.79 Å². The molecule has 1 saturated heterocycles. The molecule has 1 fully saturated rings. The summed E-state index contributed by atoms with van der Waals surface area (Å²) in [6, 6.07) is 16.5. The van der Waals surface area contributed by atoms with Gasteiger partial charge in [-0.15, -0.1) is 22.7 Å². The number of para-hydroxylation sites is 1. The molecule has 1 aliphatic heterocycles. The number of anilines is 1. The zero-order chi connectivity index (χ0) is 21.2. The van der Waals surface area contributed by atoms with Gasteiger partial charge in [-0.2, -0.15) is 0 Å². The van der Waals surface area contributed by atoms with Crippen molar-refractivity contribution >= 4 is 44.5 Å². The third-order valence-electron chi connectivity index (χ3n) is 5.57. The summed E-state index contributed by atoms with van der Waals surface area (Å²) in [7, 11) is 0.